The van der Waals surface area contributed by atoms with E-state index in [1.807, 2.05) is 6.07 Å². The lowest BCUT2D eigenvalue weighted by atomic mass is 9.83. The highest BCUT2D eigenvalue weighted by molar-refractivity contribution is 5.39. The number of rotatable bonds is 7. The van der Waals surface area contributed by atoms with Gasteiger partial charge in [0.2, 0.25) is 5.88 Å². The first kappa shape index (κ1) is 12.7. The van der Waals surface area contributed by atoms with E-state index in [4.69, 9.17) is 4.74 Å². The summed E-state index contributed by atoms with van der Waals surface area (Å²) in [6.07, 6.45) is 7.76. The van der Waals surface area contributed by atoms with Crippen molar-refractivity contribution in [2.45, 2.75) is 51.4 Å². The van der Waals surface area contributed by atoms with Crippen molar-refractivity contribution >= 4 is 5.82 Å². The molecular weight excluding hydrogens is 238 g/mol. The van der Waals surface area contributed by atoms with Crippen molar-refractivity contribution in [3.8, 4) is 5.88 Å². The fourth-order valence-corrected chi connectivity index (χ4v) is 2.42. The minimum absolute atomic E-state index is 0.563. The van der Waals surface area contributed by atoms with Crippen molar-refractivity contribution < 1.29 is 4.74 Å². The maximum Gasteiger partial charge on any atom is 0.218 e. The van der Waals surface area contributed by atoms with Crippen molar-refractivity contribution in [2.24, 2.45) is 5.92 Å². The fraction of sp³-hybridized carbons (Fsp3) is 0.733. The van der Waals surface area contributed by atoms with Crippen LogP contribution in [0.15, 0.2) is 6.07 Å². The zero-order chi connectivity index (χ0) is 13.1. The summed E-state index contributed by atoms with van der Waals surface area (Å²) in [7, 11) is 0. The minimum Gasteiger partial charge on any atom is -0.478 e. The first-order chi connectivity index (χ1) is 9.35. The molecule has 3 rings (SSSR count). The predicted molar refractivity (Wildman–Crippen MR) is 75.6 cm³/mol. The quantitative estimate of drug-likeness (QED) is 0.817. The molecule has 0 saturated heterocycles. The molecule has 1 heterocycles. The van der Waals surface area contributed by atoms with Crippen LogP contribution < -0.4 is 10.1 Å². The maximum atomic E-state index is 5.83. The van der Waals surface area contributed by atoms with Crippen molar-refractivity contribution in [1.82, 2.24) is 9.97 Å². The summed E-state index contributed by atoms with van der Waals surface area (Å²) < 4.78 is 5.83. The van der Waals surface area contributed by atoms with Gasteiger partial charge in [-0.05, 0) is 32.1 Å². The van der Waals surface area contributed by atoms with Gasteiger partial charge in [0, 0.05) is 18.5 Å². The van der Waals surface area contributed by atoms with Crippen LogP contribution in [0.1, 0.15) is 57.2 Å². The number of hydrogen-bond donors (Lipinski definition) is 1. The SMILES string of the molecule is CCNc1cc(OCCC2CCC2)nc(C2CC2)n1. The molecule has 104 valence electrons. The van der Waals surface area contributed by atoms with Gasteiger partial charge in [-0.2, -0.15) is 4.98 Å². The Morgan fingerprint density at radius 1 is 1.26 bits per heavy atom. The predicted octanol–water partition coefficient (Wildman–Crippen LogP) is 3.35. The number of anilines is 1. The molecule has 2 aliphatic rings. The van der Waals surface area contributed by atoms with Gasteiger partial charge in [-0.25, -0.2) is 4.98 Å². The second kappa shape index (κ2) is 5.76. The first-order valence-corrected chi connectivity index (χ1v) is 7.61. The maximum absolute atomic E-state index is 5.83. The molecule has 1 N–H and O–H groups in total. The average Bonchev–Trinajstić information content (AvgIpc) is 3.17. The van der Waals surface area contributed by atoms with Gasteiger partial charge < -0.3 is 10.1 Å². The Morgan fingerprint density at radius 3 is 2.74 bits per heavy atom. The highest BCUT2D eigenvalue weighted by Gasteiger charge is 2.27. The molecule has 0 amide bonds. The van der Waals surface area contributed by atoms with Crippen LogP contribution in [-0.2, 0) is 0 Å². The highest BCUT2D eigenvalue weighted by Crippen LogP contribution is 2.39. The summed E-state index contributed by atoms with van der Waals surface area (Å²) in [5.74, 6) is 4.05. The number of nitrogens with one attached hydrogen (secondary N) is 1. The molecule has 4 heteroatoms. The molecule has 1 aromatic rings. The van der Waals surface area contributed by atoms with E-state index in [0.717, 1.165) is 36.6 Å². The Bertz CT molecular complexity index is 427. The monoisotopic (exact) mass is 261 g/mol. The molecule has 2 saturated carbocycles. The molecule has 0 atom stereocenters. The lowest BCUT2D eigenvalue weighted by molar-refractivity contribution is 0.217. The molecule has 2 fully saturated rings. The van der Waals surface area contributed by atoms with Gasteiger partial charge in [0.15, 0.2) is 0 Å². The summed E-state index contributed by atoms with van der Waals surface area (Å²) in [6.45, 7) is 3.75. The average molecular weight is 261 g/mol. The molecule has 0 bridgehead atoms. The smallest absolute Gasteiger partial charge is 0.218 e. The Balaban J connectivity index is 1.60. The van der Waals surface area contributed by atoms with Crippen LogP contribution in [0.5, 0.6) is 5.88 Å². The van der Waals surface area contributed by atoms with Crippen LogP contribution in [0.2, 0.25) is 0 Å². The Labute approximate surface area is 115 Å². The van der Waals surface area contributed by atoms with E-state index in [9.17, 15) is 0 Å². The lowest BCUT2D eigenvalue weighted by Crippen LogP contribution is -2.15. The molecular formula is C15H23N3O. The van der Waals surface area contributed by atoms with Crippen molar-refractivity contribution in [3.05, 3.63) is 11.9 Å². The van der Waals surface area contributed by atoms with Gasteiger partial charge in [0.1, 0.15) is 11.6 Å². The van der Waals surface area contributed by atoms with Gasteiger partial charge in [-0.15, -0.1) is 0 Å². The molecule has 1 aromatic heterocycles. The zero-order valence-electron chi connectivity index (χ0n) is 11.7. The molecule has 0 radical (unpaired) electrons. The number of ether oxygens (including phenoxy) is 1. The van der Waals surface area contributed by atoms with Crippen LogP contribution in [0.25, 0.3) is 0 Å². The van der Waals surface area contributed by atoms with Crippen LogP contribution >= 0.6 is 0 Å². The third-order valence-electron chi connectivity index (χ3n) is 4.02. The molecule has 0 aromatic carbocycles. The van der Waals surface area contributed by atoms with E-state index < -0.39 is 0 Å². The summed E-state index contributed by atoms with van der Waals surface area (Å²) in [5, 5.41) is 3.26. The molecule has 0 aliphatic heterocycles. The zero-order valence-corrected chi connectivity index (χ0v) is 11.7. The summed E-state index contributed by atoms with van der Waals surface area (Å²) in [4.78, 5) is 9.10. The molecule has 2 aliphatic carbocycles. The standard InChI is InChI=1S/C15H23N3O/c1-2-16-13-10-14(18-15(17-13)12-6-7-12)19-9-8-11-4-3-5-11/h10-12H,2-9H2,1H3,(H,16,17,18). The summed E-state index contributed by atoms with van der Waals surface area (Å²) >= 11 is 0. The number of hydrogen-bond acceptors (Lipinski definition) is 4. The number of aromatic nitrogens is 2. The molecule has 19 heavy (non-hydrogen) atoms. The van der Waals surface area contributed by atoms with Crippen LogP contribution in [0, 0.1) is 5.92 Å². The second-order valence-corrected chi connectivity index (χ2v) is 5.69. The van der Waals surface area contributed by atoms with Gasteiger partial charge in [0.25, 0.3) is 0 Å². The van der Waals surface area contributed by atoms with E-state index >= 15 is 0 Å². The van der Waals surface area contributed by atoms with Crippen molar-refractivity contribution in [2.75, 3.05) is 18.5 Å². The van der Waals surface area contributed by atoms with Crippen molar-refractivity contribution in [1.29, 1.82) is 0 Å². The van der Waals surface area contributed by atoms with E-state index in [2.05, 4.69) is 22.2 Å². The third-order valence-corrected chi connectivity index (χ3v) is 4.02. The molecule has 4 nitrogen and oxygen atoms in total. The molecule has 0 unspecified atom stereocenters. The Kier molecular flexibility index (Phi) is 3.85. The van der Waals surface area contributed by atoms with Crippen molar-refractivity contribution in [3.63, 3.8) is 0 Å². The van der Waals surface area contributed by atoms with Crippen LogP contribution in [0.4, 0.5) is 5.82 Å². The first-order valence-electron chi connectivity index (χ1n) is 7.61. The summed E-state index contributed by atoms with van der Waals surface area (Å²) in [5.41, 5.74) is 0. The lowest BCUT2D eigenvalue weighted by Gasteiger charge is -2.24. The molecule has 0 spiro atoms. The summed E-state index contributed by atoms with van der Waals surface area (Å²) in [6, 6.07) is 1.93. The fourth-order valence-electron chi connectivity index (χ4n) is 2.42. The van der Waals surface area contributed by atoms with E-state index in [-0.39, 0.29) is 0 Å². The van der Waals surface area contributed by atoms with E-state index in [0.29, 0.717) is 5.92 Å². The number of nitrogens with zero attached hydrogens (tertiary/aromatic N) is 2. The topological polar surface area (TPSA) is 47.0 Å². The van der Waals surface area contributed by atoms with E-state index in [1.54, 1.807) is 0 Å². The van der Waals surface area contributed by atoms with Gasteiger partial charge in [-0.3, -0.25) is 0 Å². The minimum atomic E-state index is 0.563. The Hall–Kier alpha value is -1.32. The normalized spacial score (nSPS) is 19.0. The van der Waals surface area contributed by atoms with Gasteiger partial charge in [-0.1, -0.05) is 19.3 Å². The van der Waals surface area contributed by atoms with Gasteiger partial charge in [0.05, 0.1) is 6.61 Å². The Morgan fingerprint density at radius 2 is 2.11 bits per heavy atom. The van der Waals surface area contributed by atoms with E-state index in [1.165, 1.54) is 38.5 Å². The van der Waals surface area contributed by atoms with Gasteiger partial charge >= 0.3 is 0 Å². The third kappa shape index (κ3) is 3.37. The largest absolute Gasteiger partial charge is 0.478 e. The highest BCUT2D eigenvalue weighted by atomic mass is 16.5. The van der Waals surface area contributed by atoms with Crippen LogP contribution in [-0.4, -0.2) is 23.1 Å². The second-order valence-electron chi connectivity index (χ2n) is 5.69. The van der Waals surface area contributed by atoms with Crippen LogP contribution in [0.3, 0.4) is 0 Å².